The predicted molar refractivity (Wildman–Crippen MR) is 155 cm³/mol. The lowest BCUT2D eigenvalue weighted by Crippen LogP contribution is -2.24. The van der Waals surface area contributed by atoms with E-state index < -0.39 is 0 Å². The number of amides is 2. The zero-order chi connectivity index (χ0) is 28.5. The number of carbonyl (C=O) groups is 2. The summed E-state index contributed by atoms with van der Waals surface area (Å²) in [4.78, 5) is 25.5. The van der Waals surface area contributed by atoms with Crippen LogP contribution in [0.3, 0.4) is 0 Å². The molecule has 0 aliphatic rings. The summed E-state index contributed by atoms with van der Waals surface area (Å²) < 4.78 is 21.0. The van der Waals surface area contributed by atoms with E-state index in [1.807, 2.05) is 32.0 Å². The number of aryl methyl sites for hydroxylation is 2. The minimum absolute atomic E-state index is 0.0766. The highest BCUT2D eigenvalue weighted by Gasteiger charge is 2.18. The fourth-order valence-electron chi connectivity index (χ4n) is 3.84. The van der Waals surface area contributed by atoms with Crippen LogP contribution >= 0.6 is 11.8 Å². The zero-order valence-corrected chi connectivity index (χ0v) is 23.6. The number of halogens is 1. The second-order valence-electron chi connectivity index (χ2n) is 9.27. The summed E-state index contributed by atoms with van der Waals surface area (Å²) in [6.45, 7) is 6.71. The number of aromatic nitrogens is 3. The molecule has 40 heavy (non-hydrogen) atoms. The molecule has 1 aromatic heterocycles. The van der Waals surface area contributed by atoms with Crippen LogP contribution < -0.4 is 15.4 Å². The molecule has 0 atom stereocenters. The van der Waals surface area contributed by atoms with Crippen molar-refractivity contribution < 1.29 is 18.7 Å². The van der Waals surface area contributed by atoms with Crippen LogP contribution in [-0.4, -0.2) is 38.9 Å². The first-order chi connectivity index (χ1) is 19.3. The average molecular weight is 562 g/mol. The molecule has 3 aromatic carbocycles. The summed E-state index contributed by atoms with van der Waals surface area (Å²) in [7, 11) is 0. The standard InChI is InChI=1S/C30H32FN5O3S/c1-4-5-16-39-25-14-8-22(9-15-25)29(38)32-18-27-34-35-30(36(27)24-12-10-23(31)11-13-24)40-19-28(37)33-26-17-20(2)6-7-21(26)3/h6-15,17H,4-5,16,18-19H2,1-3H3,(H,32,38)(H,33,37). The Morgan fingerprint density at radius 1 is 1.00 bits per heavy atom. The number of nitrogens with zero attached hydrogens (tertiary/aromatic N) is 3. The van der Waals surface area contributed by atoms with Crippen LogP contribution in [0.1, 0.15) is 47.1 Å². The molecule has 0 radical (unpaired) electrons. The van der Waals surface area contributed by atoms with Gasteiger partial charge in [0.1, 0.15) is 11.6 Å². The van der Waals surface area contributed by atoms with E-state index in [0.717, 1.165) is 29.7 Å². The number of nitrogens with one attached hydrogen (secondary N) is 2. The van der Waals surface area contributed by atoms with Gasteiger partial charge in [-0.15, -0.1) is 10.2 Å². The lowest BCUT2D eigenvalue weighted by Gasteiger charge is -2.12. The van der Waals surface area contributed by atoms with Crippen LogP contribution in [0.15, 0.2) is 71.9 Å². The molecule has 2 amide bonds. The van der Waals surface area contributed by atoms with Gasteiger partial charge in [0.05, 0.1) is 18.9 Å². The number of unbranched alkanes of at least 4 members (excludes halogenated alkanes) is 1. The Morgan fingerprint density at radius 3 is 2.48 bits per heavy atom. The number of rotatable bonds is 12. The van der Waals surface area contributed by atoms with Crippen molar-refractivity contribution in [1.82, 2.24) is 20.1 Å². The van der Waals surface area contributed by atoms with Crippen LogP contribution in [0.4, 0.5) is 10.1 Å². The average Bonchev–Trinajstić information content (AvgIpc) is 3.36. The molecular weight excluding hydrogens is 529 g/mol. The lowest BCUT2D eigenvalue weighted by molar-refractivity contribution is -0.113. The summed E-state index contributed by atoms with van der Waals surface area (Å²) in [6.07, 6.45) is 2.01. The van der Waals surface area contributed by atoms with E-state index in [4.69, 9.17) is 4.74 Å². The van der Waals surface area contributed by atoms with Gasteiger partial charge in [-0.25, -0.2) is 4.39 Å². The predicted octanol–water partition coefficient (Wildman–Crippen LogP) is 5.86. The number of anilines is 1. The molecule has 2 N–H and O–H groups in total. The number of hydrogen-bond acceptors (Lipinski definition) is 6. The van der Waals surface area contributed by atoms with E-state index >= 15 is 0 Å². The summed E-state index contributed by atoms with van der Waals surface area (Å²) in [5, 5.41) is 14.8. The highest BCUT2D eigenvalue weighted by molar-refractivity contribution is 7.99. The number of ether oxygens (including phenoxy) is 1. The van der Waals surface area contributed by atoms with Crippen molar-refractivity contribution in [3.05, 3.63) is 95.1 Å². The third kappa shape index (κ3) is 7.69. The van der Waals surface area contributed by atoms with Crippen molar-refractivity contribution in [3.8, 4) is 11.4 Å². The third-order valence-corrected chi connectivity index (χ3v) is 7.00. The Kier molecular flexibility index (Phi) is 9.91. The first kappa shape index (κ1) is 28.8. The van der Waals surface area contributed by atoms with Gasteiger partial charge in [-0.05, 0) is 86.0 Å². The second-order valence-corrected chi connectivity index (χ2v) is 10.2. The molecule has 0 bridgehead atoms. The minimum atomic E-state index is -0.379. The molecule has 10 heteroatoms. The second kappa shape index (κ2) is 13.7. The van der Waals surface area contributed by atoms with Gasteiger partial charge in [0.2, 0.25) is 5.91 Å². The van der Waals surface area contributed by atoms with E-state index in [2.05, 4.69) is 27.8 Å². The van der Waals surface area contributed by atoms with Gasteiger partial charge in [0.25, 0.3) is 5.91 Å². The molecule has 0 unspecified atom stereocenters. The Morgan fingerprint density at radius 2 is 1.75 bits per heavy atom. The molecule has 0 spiro atoms. The van der Waals surface area contributed by atoms with Crippen LogP contribution in [0.5, 0.6) is 5.75 Å². The monoisotopic (exact) mass is 561 g/mol. The SMILES string of the molecule is CCCCOc1ccc(C(=O)NCc2nnc(SCC(=O)Nc3cc(C)ccc3C)n2-c2ccc(F)cc2)cc1. The van der Waals surface area contributed by atoms with E-state index in [0.29, 0.717) is 34.6 Å². The minimum Gasteiger partial charge on any atom is -0.494 e. The molecule has 0 fully saturated rings. The molecule has 0 aliphatic carbocycles. The topological polar surface area (TPSA) is 98.1 Å². The van der Waals surface area contributed by atoms with Gasteiger partial charge in [-0.3, -0.25) is 14.2 Å². The Hall–Kier alpha value is -4.18. The van der Waals surface area contributed by atoms with Crippen molar-refractivity contribution in [2.75, 3.05) is 17.7 Å². The van der Waals surface area contributed by atoms with Gasteiger partial charge in [-0.1, -0.05) is 37.2 Å². The Labute approximate surface area is 237 Å². The fourth-order valence-corrected chi connectivity index (χ4v) is 4.61. The molecule has 0 saturated carbocycles. The summed E-state index contributed by atoms with van der Waals surface area (Å²) >= 11 is 1.20. The molecular formula is C30H32FN5O3S. The van der Waals surface area contributed by atoms with E-state index in [9.17, 15) is 14.0 Å². The number of thioether (sulfide) groups is 1. The first-order valence-electron chi connectivity index (χ1n) is 13.0. The maximum absolute atomic E-state index is 13.6. The normalized spacial score (nSPS) is 10.8. The maximum atomic E-state index is 13.6. The quantitative estimate of drug-likeness (QED) is 0.166. The number of hydrogen-bond donors (Lipinski definition) is 2. The van der Waals surface area contributed by atoms with Crippen LogP contribution in [0.2, 0.25) is 0 Å². The van der Waals surface area contributed by atoms with Gasteiger partial charge in [0.15, 0.2) is 11.0 Å². The highest BCUT2D eigenvalue weighted by atomic mass is 32.2. The molecule has 8 nitrogen and oxygen atoms in total. The van der Waals surface area contributed by atoms with Gasteiger partial charge >= 0.3 is 0 Å². The Balaban J connectivity index is 1.45. The van der Waals surface area contributed by atoms with Crippen molar-refractivity contribution in [2.45, 2.75) is 45.3 Å². The van der Waals surface area contributed by atoms with Crippen LogP contribution in [0.25, 0.3) is 5.69 Å². The van der Waals surface area contributed by atoms with Crippen molar-refractivity contribution >= 4 is 29.3 Å². The smallest absolute Gasteiger partial charge is 0.251 e. The lowest BCUT2D eigenvalue weighted by atomic mass is 10.1. The molecule has 1 heterocycles. The molecule has 0 aliphatic heterocycles. The molecule has 208 valence electrons. The van der Waals surface area contributed by atoms with E-state index in [1.54, 1.807) is 41.0 Å². The van der Waals surface area contributed by atoms with Crippen molar-refractivity contribution in [2.24, 2.45) is 0 Å². The van der Waals surface area contributed by atoms with E-state index in [-0.39, 0.29) is 29.9 Å². The largest absolute Gasteiger partial charge is 0.494 e. The Bertz CT molecular complexity index is 1460. The fraction of sp³-hybridized carbons (Fsp3) is 0.267. The summed E-state index contributed by atoms with van der Waals surface area (Å²) in [5.74, 6) is 0.392. The summed E-state index contributed by atoms with van der Waals surface area (Å²) in [5.41, 5.74) is 3.87. The number of benzene rings is 3. The van der Waals surface area contributed by atoms with E-state index in [1.165, 1.54) is 23.9 Å². The zero-order valence-electron chi connectivity index (χ0n) is 22.7. The van der Waals surface area contributed by atoms with Crippen molar-refractivity contribution in [3.63, 3.8) is 0 Å². The first-order valence-corrected chi connectivity index (χ1v) is 14.0. The van der Waals surface area contributed by atoms with Gasteiger partial charge in [0, 0.05) is 16.9 Å². The van der Waals surface area contributed by atoms with Gasteiger partial charge in [-0.2, -0.15) is 0 Å². The van der Waals surface area contributed by atoms with Crippen LogP contribution in [0, 0.1) is 19.7 Å². The van der Waals surface area contributed by atoms with Crippen molar-refractivity contribution in [1.29, 1.82) is 0 Å². The highest BCUT2D eigenvalue weighted by Crippen LogP contribution is 2.24. The maximum Gasteiger partial charge on any atom is 0.251 e. The third-order valence-electron chi connectivity index (χ3n) is 6.07. The van der Waals surface area contributed by atoms with Crippen LogP contribution in [-0.2, 0) is 11.3 Å². The molecule has 0 saturated heterocycles. The molecule has 4 rings (SSSR count). The summed E-state index contributed by atoms with van der Waals surface area (Å²) in [6, 6.07) is 18.7. The number of carbonyl (C=O) groups excluding carboxylic acids is 2. The van der Waals surface area contributed by atoms with Gasteiger partial charge < -0.3 is 15.4 Å². The molecule has 4 aromatic rings.